The van der Waals surface area contributed by atoms with Gasteiger partial charge in [0.05, 0.1) is 6.04 Å². The highest BCUT2D eigenvalue weighted by Crippen LogP contribution is 2.34. The number of nitrogens with zero attached hydrogens (tertiary/aromatic N) is 2. The molecule has 0 spiro atoms. The SMILES string of the molecule is Cc1cc(Cl)ccc1N1CCN(C(=O)/C=C/c2ccsc2)CC1c1ccc(Cl)cc1. The molecule has 1 fully saturated rings. The predicted octanol–water partition coefficient (Wildman–Crippen LogP) is 6.47. The Bertz CT molecular complexity index is 1050. The summed E-state index contributed by atoms with van der Waals surface area (Å²) in [5.41, 5.74) is 4.45. The summed E-state index contributed by atoms with van der Waals surface area (Å²) in [6.45, 7) is 4.09. The maximum Gasteiger partial charge on any atom is 0.246 e. The molecule has 2 heterocycles. The average molecular weight is 457 g/mol. The number of aryl methyl sites for hydroxylation is 1. The molecule has 3 aromatic rings. The molecule has 2 aromatic carbocycles. The molecule has 1 unspecified atom stereocenters. The van der Waals surface area contributed by atoms with Gasteiger partial charge in [-0.15, -0.1) is 0 Å². The van der Waals surface area contributed by atoms with Gasteiger partial charge in [0.15, 0.2) is 0 Å². The van der Waals surface area contributed by atoms with E-state index in [0.717, 1.165) is 33.9 Å². The van der Waals surface area contributed by atoms with Gasteiger partial charge in [-0.05, 0) is 76.8 Å². The molecule has 6 heteroatoms. The van der Waals surface area contributed by atoms with Gasteiger partial charge in [0, 0.05) is 41.4 Å². The van der Waals surface area contributed by atoms with Gasteiger partial charge in [0.25, 0.3) is 0 Å². The largest absolute Gasteiger partial charge is 0.361 e. The first-order valence-electron chi connectivity index (χ1n) is 9.79. The smallest absolute Gasteiger partial charge is 0.246 e. The van der Waals surface area contributed by atoms with Gasteiger partial charge in [-0.2, -0.15) is 11.3 Å². The molecule has 1 aromatic heterocycles. The van der Waals surface area contributed by atoms with Crippen molar-refractivity contribution in [2.24, 2.45) is 0 Å². The number of carbonyl (C=O) groups excluding carboxylic acids is 1. The summed E-state index contributed by atoms with van der Waals surface area (Å²) in [7, 11) is 0. The minimum atomic E-state index is 0.0349. The Morgan fingerprint density at radius 3 is 2.53 bits per heavy atom. The Balaban J connectivity index is 1.61. The van der Waals surface area contributed by atoms with Crippen molar-refractivity contribution in [3.63, 3.8) is 0 Å². The molecule has 0 N–H and O–H groups in total. The van der Waals surface area contributed by atoms with Crippen LogP contribution in [0.5, 0.6) is 0 Å². The highest BCUT2D eigenvalue weighted by molar-refractivity contribution is 7.08. The van der Waals surface area contributed by atoms with Gasteiger partial charge in [-0.25, -0.2) is 0 Å². The fraction of sp³-hybridized carbons (Fsp3) is 0.208. The zero-order valence-corrected chi connectivity index (χ0v) is 18.9. The summed E-state index contributed by atoms with van der Waals surface area (Å²) in [4.78, 5) is 17.1. The van der Waals surface area contributed by atoms with Crippen molar-refractivity contribution in [1.29, 1.82) is 0 Å². The Morgan fingerprint density at radius 2 is 1.83 bits per heavy atom. The third kappa shape index (κ3) is 4.72. The van der Waals surface area contributed by atoms with Crippen LogP contribution < -0.4 is 4.90 Å². The van der Waals surface area contributed by atoms with Gasteiger partial charge in [-0.1, -0.05) is 35.3 Å². The zero-order chi connectivity index (χ0) is 21.1. The van der Waals surface area contributed by atoms with E-state index < -0.39 is 0 Å². The average Bonchev–Trinajstić information content (AvgIpc) is 3.26. The van der Waals surface area contributed by atoms with Crippen LogP contribution in [0.4, 0.5) is 5.69 Å². The molecular formula is C24H22Cl2N2OS. The number of rotatable bonds is 4. The van der Waals surface area contributed by atoms with Crippen LogP contribution in [0.25, 0.3) is 6.08 Å². The summed E-state index contributed by atoms with van der Waals surface area (Å²) < 4.78 is 0. The van der Waals surface area contributed by atoms with Crippen molar-refractivity contribution in [1.82, 2.24) is 4.90 Å². The Kier molecular flexibility index (Phi) is 6.47. The van der Waals surface area contributed by atoms with Crippen LogP contribution >= 0.6 is 34.5 Å². The number of amides is 1. The van der Waals surface area contributed by atoms with Crippen molar-refractivity contribution in [2.75, 3.05) is 24.5 Å². The van der Waals surface area contributed by atoms with Gasteiger partial charge < -0.3 is 9.80 Å². The highest BCUT2D eigenvalue weighted by atomic mass is 35.5. The van der Waals surface area contributed by atoms with Crippen LogP contribution in [0.1, 0.15) is 22.7 Å². The number of anilines is 1. The van der Waals surface area contributed by atoms with E-state index >= 15 is 0 Å². The van der Waals surface area contributed by atoms with Crippen molar-refractivity contribution in [2.45, 2.75) is 13.0 Å². The maximum atomic E-state index is 12.9. The molecule has 154 valence electrons. The first-order valence-corrected chi connectivity index (χ1v) is 11.5. The Labute approximate surface area is 191 Å². The first kappa shape index (κ1) is 21.0. The van der Waals surface area contributed by atoms with Gasteiger partial charge in [0.1, 0.15) is 0 Å². The fourth-order valence-corrected chi connectivity index (χ4v) is 4.81. The van der Waals surface area contributed by atoms with Crippen LogP contribution in [0.2, 0.25) is 10.0 Å². The van der Waals surface area contributed by atoms with E-state index in [4.69, 9.17) is 23.2 Å². The second-order valence-corrected chi connectivity index (χ2v) is 9.02. The van der Waals surface area contributed by atoms with E-state index in [1.165, 1.54) is 0 Å². The Hall–Kier alpha value is -2.27. The third-order valence-electron chi connectivity index (χ3n) is 5.38. The molecule has 1 aliphatic rings. The van der Waals surface area contributed by atoms with E-state index in [-0.39, 0.29) is 11.9 Å². The lowest BCUT2D eigenvalue weighted by atomic mass is 10.00. The van der Waals surface area contributed by atoms with Gasteiger partial charge in [0.2, 0.25) is 5.91 Å². The van der Waals surface area contributed by atoms with E-state index in [1.807, 2.05) is 64.2 Å². The second kappa shape index (κ2) is 9.25. The first-order chi connectivity index (χ1) is 14.5. The van der Waals surface area contributed by atoms with Crippen LogP contribution in [0, 0.1) is 6.92 Å². The molecule has 1 saturated heterocycles. The van der Waals surface area contributed by atoms with Crippen molar-refractivity contribution >= 4 is 52.2 Å². The number of carbonyl (C=O) groups is 1. The number of benzene rings is 2. The van der Waals surface area contributed by atoms with Crippen LogP contribution in [0.3, 0.4) is 0 Å². The molecule has 1 aliphatic heterocycles. The number of halogens is 2. The summed E-state index contributed by atoms with van der Waals surface area (Å²) in [6.07, 6.45) is 3.55. The minimum Gasteiger partial charge on any atom is -0.361 e. The minimum absolute atomic E-state index is 0.0349. The van der Waals surface area contributed by atoms with Crippen LogP contribution in [-0.2, 0) is 4.79 Å². The molecule has 3 nitrogen and oxygen atoms in total. The summed E-state index contributed by atoms with van der Waals surface area (Å²) in [5, 5.41) is 5.47. The van der Waals surface area contributed by atoms with E-state index in [1.54, 1.807) is 17.4 Å². The second-order valence-electron chi connectivity index (χ2n) is 7.37. The lowest BCUT2D eigenvalue weighted by Gasteiger charge is -2.43. The molecule has 30 heavy (non-hydrogen) atoms. The molecule has 0 bridgehead atoms. The van der Waals surface area contributed by atoms with Crippen LogP contribution in [0.15, 0.2) is 65.4 Å². The standard InChI is InChI=1S/C24H22Cl2N2OS/c1-17-14-21(26)7-8-22(17)28-12-11-27(24(29)9-2-18-10-13-30-16-18)15-23(28)19-3-5-20(25)6-4-19/h2-10,13-14,16,23H,11-12,15H2,1H3/b9-2+. The quantitative estimate of drug-likeness (QED) is 0.420. The van der Waals surface area contributed by atoms with Gasteiger partial charge in [-0.3, -0.25) is 4.79 Å². The topological polar surface area (TPSA) is 23.6 Å². The lowest BCUT2D eigenvalue weighted by Crippen LogP contribution is -2.50. The van der Waals surface area contributed by atoms with Gasteiger partial charge >= 0.3 is 0 Å². The number of piperazine rings is 1. The Morgan fingerprint density at radius 1 is 1.07 bits per heavy atom. The van der Waals surface area contributed by atoms with E-state index in [0.29, 0.717) is 18.1 Å². The number of hydrogen-bond donors (Lipinski definition) is 0. The summed E-state index contributed by atoms with van der Waals surface area (Å²) >= 11 is 13.9. The summed E-state index contributed by atoms with van der Waals surface area (Å²) in [6, 6.07) is 15.9. The third-order valence-corrected chi connectivity index (χ3v) is 6.57. The molecule has 0 aliphatic carbocycles. The van der Waals surface area contributed by atoms with Crippen molar-refractivity contribution < 1.29 is 4.79 Å². The zero-order valence-electron chi connectivity index (χ0n) is 16.6. The molecular weight excluding hydrogens is 435 g/mol. The molecule has 0 radical (unpaired) electrons. The molecule has 1 amide bonds. The molecule has 0 saturated carbocycles. The van der Waals surface area contributed by atoms with Crippen molar-refractivity contribution in [3.8, 4) is 0 Å². The monoisotopic (exact) mass is 456 g/mol. The molecule has 1 atom stereocenters. The van der Waals surface area contributed by atoms with E-state index in [2.05, 4.69) is 17.9 Å². The maximum absolute atomic E-state index is 12.9. The fourth-order valence-electron chi connectivity index (χ4n) is 3.83. The predicted molar refractivity (Wildman–Crippen MR) is 128 cm³/mol. The normalized spacial score (nSPS) is 17.0. The van der Waals surface area contributed by atoms with Crippen molar-refractivity contribution in [3.05, 3.63) is 92.1 Å². The lowest BCUT2D eigenvalue weighted by molar-refractivity contribution is -0.126. The molecule has 4 rings (SSSR count). The summed E-state index contributed by atoms with van der Waals surface area (Å²) in [5.74, 6) is 0.0349. The number of thiophene rings is 1. The highest BCUT2D eigenvalue weighted by Gasteiger charge is 2.31. The van der Waals surface area contributed by atoms with Crippen LogP contribution in [-0.4, -0.2) is 30.4 Å². The van der Waals surface area contributed by atoms with E-state index in [9.17, 15) is 4.79 Å². The number of hydrogen-bond acceptors (Lipinski definition) is 3.